The highest BCUT2D eigenvalue weighted by molar-refractivity contribution is 6.30. The Hall–Kier alpha value is -2.82. The molecule has 0 fully saturated rings. The smallest absolute Gasteiger partial charge is 0.249 e. The number of carbonyl (C=O) groups is 1. The Balaban J connectivity index is 1.98. The van der Waals surface area contributed by atoms with Crippen LogP contribution in [0.2, 0.25) is 0 Å². The number of carbonyl (C=O) groups excluding carboxylic acids is 1. The fraction of sp³-hybridized carbons (Fsp3) is 0.125. The third-order valence-corrected chi connectivity index (χ3v) is 3.21. The Bertz CT molecular complexity index is 787. The van der Waals surface area contributed by atoms with Crippen LogP contribution >= 0.6 is 0 Å². The minimum atomic E-state index is -0.240. The van der Waals surface area contributed by atoms with Crippen molar-refractivity contribution in [3.05, 3.63) is 58.4 Å². The fourth-order valence-corrected chi connectivity index (χ4v) is 2.29. The van der Waals surface area contributed by atoms with Gasteiger partial charge in [-0.05, 0) is 19.9 Å². The summed E-state index contributed by atoms with van der Waals surface area (Å²) in [4.78, 5) is 24.7. The van der Waals surface area contributed by atoms with Crippen molar-refractivity contribution >= 4 is 23.7 Å². The van der Waals surface area contributed by atoms with Gasteiger partial charge in [-0.1, -0.05) is 24.3 Å². The highest BCUT2D eigenvalue weighted by Gasteiger charge is 2.27. The number of aliphatic imine (C=N–C) groups is 1. The van der Waals surface area contributed by atoms with Gasteiger partial charge in [-0.2, -0.15) is 0 Å². The highest BCUT2D eigenvalue weighted by atomic mass is 16.3. The average Bonchev–Trinajstić information content (AvgIpc) is 2.69. The lowest BCUT2D eigenvalue weighted by Gasteiger charge is -1.98. The lowest BCUT2D eigenvalue weighted by molar-refractivity contribution is 0.104. The molecule has 1 aliphatic rings. The number of hydrogen-bond donors (Lipinski definition) is 1. The second kappa shape index (κ2) is 4.94. The summed E-state index contributed by atoms with van der Waals surface area (Å²) in [5.41, 5.74) is 2.78. The summed E-state index contributed by atoms with van der Waals surface area (Å²) in [7, 11) is 0. The number of nitrogens with zero attached hydrogens (tertiary/aromatic N) is 3. The van der Waals surface area contributed by atoms with E-state index in [1.807, 2.05) is 19.9 Å². The van der Waals surface area contributed by atoms with E-state index in [2.05, 4.69) is 15.0 Å². The zero-order valence-corrected chi connectivity index (χ0v) is 11.7. The van der Waals surface area contributed by atoms with Gasteiger partial charge in [0.15, 0.2) is 5.78 Å². The molecule has 0 saturated heterocycles. The van der Waals surface area contributed by atoms with Crippen LogP contribution in [0.15, 0.2) is 40.9 Å². The van der Waals surface area contributed by atoms with Gasteiger partial charge in [0.05, 0.1) is 5.57 Å². The van der Waals surface area contributed by atoms with Crippen LogP contribution in [-0.2, 0) is 0 Å². The zero-order valence-electron chi connectivity index (χ0n) is 11.7. The van der Waals surface area contributed by atoms with Gasteiger partial charge >= 0.3 is 0 Å². The van der Waals surface area contributed by atoms with Gasteiger partial charge in [-0.25, -0.2) is 15.0 Å². The molecule has 0 unspecified atom stereocenters. The Morgan fingerprint density at radius 1 is 1.10 bits per heavy atom. The number of benzene rings is 1. The van der Waals surface area contributed by atoms with Gasteiger partial charge in [0.1, 0.15) is 5.76 Å². The number of hydrogen-bond acceptors (Lipinski definition) is 5. The Morgan fingerprint density at radius 2 is 1.71 bits per heavy atom. The lowest BCUT2D eigenvalue weighted by atomic mass is 10.1. The number of aromatic nitrogens is 2. The van der Waals surface area contributed by atoms with Crippen LogP contribution in [0, 0.1) is 13.8 Å². The van der Waals surface area contributed by atoms with E-state index >= 15 is 0 Å². The fourth-order valence-electron chi connectivity index (χ4n) is 2.29. The third kappa shape index (κ3) is 2.33. The van der Waals surface area contributed by atoms with Crippen LogP contribution in [0.4, 0.5) is 5.95 Å². The average molecular weight is 279 g/mol. The van der Waals surface area contributed by atoms with E-state index in [4.69, 9.17) is 0 Å². The van der Waals surface area contributed by atoms with E-state index in [1.54, 1.807) is 24.3 Å². The summed E-state index contributed by atoms with van der Waals surface area (Å²) in [6.07, 6.45) is 1.33. The summed E-state index contributed by atoms with van der Waals surface area (Å²) in [5.74, 6) is -0.0171. The monoisotopic (exact) mass is 279 g/mol. The minimum Gasteiger partial charge on any atom is -0.506 e. The van der Waals surface area contributed by atoms with Crippen molar-refractivity contribution in [2.75, 3.05) is 0 Å². The lowest BCUT2D eigenvalue weighted by Crippen LogP contribution is -2.00. The van der Waals surface area contributed by atoms with Crippen molar-refractivity contribution in [2.45, 2.75) is 13.8 Å². The number of ketones is 1. The summed E-state index contributed by atoms with van der Waals surface area (Å²) in [6, 6.07) is 8.76. The molecule has 0 aliphatic heterocycles. The number of fused-ring (bicyclic) bond motifs is 1. The molecular weight excluding hydrogens is 266 g/mol. The maximum atomic E-state index is 12.2. The Kier molecular flexibility index (Phi) is 3.10. The molecule has 2 aromatic rings. The molecular formula is C16H13N3O2. The standard InChI is InChI=1S/C16H13N3O2/c1-9-7-10(2)19-16(18-9)17-8-13-14(20)11-5-3-4-6-12(11)15(13)21/h3-8,20H,1-2H3. The zero-order chi connectivity index (χ0) is 15.0. The summed E-state index contributed by atoms with van der Waals surface area (Å²) < 4.78 is 0. The van der Waals surface area contributed by atoms with Gasteiger partial charge in [0, 0.05) is 28.7 Å². The molecule has 0 amide bonds. The van der Waals surface area contributed by atoms with Gasteiger partial charge in [0.25, 0.3) is 0 Å². The molecule has 5 nitrogen and oxygen atoms in total. The number of aliphatic hydroxyl groups excluding tert-OH is 1. The summed E-state index contributed by atoms with van der Waals surface area (Å²) in [6.45, 7) is 3.70. The van der Waals surface area contributed by atoms with Crippen molar-refractivity contribution in [1.29, 1.82) is 0 Å². The SMILES string of the molecule is Cc1cc(C)nc(N=CC2=C(O)c3ccccc3C2=O)n1. The molecule has 21 heavy (non-hydrogen) atoms. The van der Waals surface area contributed by atoms with Crippen LogP contribution in [0.5, 0.6) is 0 Å². The molecule has 0 atom stereocenters. The molecule has 0 bridgehead atoms. The quantitative estimate of drug-likeness (QED) is 0.857. The number of aryl methyl sites for hydroxylation is 2. The molecule has 104 valence electrons. The molecule has 0 radical (unpaired) electrons. The van der Waals surface area contributed by atoms with Crippen molar-refractivity contribution in [2.24, 2.45) is 4.99 Å². The van der Waals surface area contributed by atoms with E-state index in [0.717, 1.165) is 11.4 Å². The number of aliphatic hydroxyl groups is 1. The number of Topliss-reactive ketones (excluding diaryl/α,β-unsaturated/α-hetero) is 1. The van der Waals surface area contributed by atoms with E-state index in [1.165, 1.54) is 6.21 Å². The molecule has 1 aromatic heterocycles. The van der Waals surface area contributed by atoms with Crippen LogP contribution < -0.4 is 0 Å². The topological polar surface area (TPSA) is 75.4 Å². The largest absolute Gasteiger partial charge is 0.506 e. The first-order chi connectivity index (χ1) is 10.1. The molecule has 1 heterocycles. The summed E-state index contributed by atoms with van der Waals surface area (Å²) >= 11 is 0. The first-order valence-corrected chi connectivity index (χ1v) is 6.50. The van der Waals surface area contributed by atoms with Crippen LogP contribution in [0.3, 0.4) is 0 Å². The highest BCUT2D eigenvalue weighted by Crippen LogP contribution is 2.29. The van der Waals surface area contributed by atoms with Crippen LogP contribution in [0.1, 0.15) is 27.3 Å². The van der Waals surface area contributed by atoms with Gasteiger partial charge in [-0.3, -0.25) is 4.79 Å². The molecule has 0 saturated carbocycles. The first-order valence-electron chi connectivity index (χ1n) is 6.50. The normalized spacial score (nSPS) is 14.1. The number of rotatable bonds is 2. The Labute approximate surface area is 121 Å². The molecule has 0 spiro atoms. The van der Waals surface area contributed by atoms with Gasteiger partial charge in [0.2, 0.25) is 5.95 Å². The van der Waals surface area contributed by atoms with E-state index in [-0.39, 0.29) is 23.1 Å². The third-order valence-electron chi connectivity index (χ3n) is 3.21. The number of allylic oxidation sites excluding steroid dienone is 1. The van der Waals surface area contributed by atoms with Crippen LogP contribution in [-0.4, -0.2) is 27.1 Å². The first kappa shape index (κ1) is 13.2. The van der Waals surface area contributed by atoms with Crippen molar-refractivity contribution < 1.29 is 9.90 Å². The van der Waals surface area contributed by atoms with Crippen LogP contribution in [0.25, 0.3) is 5.76 Å². The predicted octanol–water partition coefficient (Wildman–Crippen LogP) is 2.96. The molecule has 5 heteroatoms. The van der Waals surface area contributed by atoms with Crippen molar-refractivity contribution in [3.8, 4) is 0 Å². The summed E-state index contributed by atoms with van der Waals surface area (Å²) in [5, 5.41) is 10.1. The predicted molar refractivity (Wildman–Crippen MR) is 80.0 cm³/mol. The molecule has 1 aromatic carbocycles. The molecule has 1 aliphatic carbocycles. The second-order valence-corrected chi connectivity index (χ2v) is 4.85. The maximum Gasteiger partial charge on any atom is 0.249 e. The molecule has 3 rings (SSSR count). The van der Waals surface area contributed by atoms with Gasteiger partial charge < -0.3 is 5.11 Å². The van der Waals surface area contributed by atoms with E-state index in [9.17, 15) is 9.90 Å². The Morgan fingerprint density at radius 3 is 2.33 bits per heavy atom. The van der Waals surface area contributed by atoms with Crippen molar-refractivity contribution in [1.82, 2.24) is 9.97 Å². The van der Waals surface area contributed by atoms with E-state index < -0.39 is 0 Å². The van der Waals surface area contributed by atoms with Gasteiger partial charge in [-0.15, -0.1) is 0 Å². The maximum absolute atomic E-state index is 12.2. The van der Waals surface area contributed by atoms with Crippen molar-refractivity contribution in [3.63, 3.8) is 0 Å². The van der Waals surface area contributed by atoms with E-state index in [0.29, 0.717) is 11.1 Å². The second-order valence-electron chi connectivity index (χ2n) is 4.85. The molecule has 1 N–H and O–H groups in total. The minimum absolute atomic E-state index is 0.0521.